The molecule has 1 aromatic heterocycles. The number of phenolic OH excluding ortho intramolecular Hbond substituents is 4. The van der Waals surface area contributed by atoms with Crippen LogP contribution in [0.15, 0.2) is 33.5 Å². The first-order valence-electron chi connectivity index (χ1n) is 16.6. The van der Waals surface area contributed by atoms with Gasteiger partial charge in [-0.2, -0.15) is 0 Å². The van der Waals surface area contributed by atoms with Gasteiger partial charge in [-0.15, -0.1) is 0 Å². The number of ether oxygens (including phenoxy) is 5. The van der Waals surface area contributed by atoms with E-state index in [0.29, 0.717) is 6.07 Å². The third kappa shape index (κ3) is 6.68. The van der Waals surface area contributed by atoms with Crippen molar-refractivity contribution in [1.82, 2.24) is 0 Å². The number of rotatable bonds is 8. The maximum Gasteiger partial charge on any atom is 0.238 e. The summed E-state index contributed by atoms with van der Waals surface area (Å²) in [5, 5.41) is 160. The van der Waals surface area contributed by atoms with E-state index in [1.807, 2.05) is 0 Å². The SMILES string of the molecule is C[C@H]1O[C@H](O[C@H]2[C@@H](O)[C@@H](CO)O[C@@H](Oc3c(O)cc4oc(-c5ccc(O)c(O)c5)c(O)c(=O)c4c3O)[C@@]2(O)[C@@H]2O[C@H](CO)[C@@H](O)[C@H](O)[C@H]2O)[C@@H](O)[C@@H](O)[C@@H]1O. The molecule has 6 rings (SSSR count). The zero-order valence-electron chi connectivity index (χ0n) is 28.4. The van der Waals surface area contributed by atoms with Gasteiger partial charge in [0.05, 0.1) is 19.3 Å². The molecule has 2 aromatic carbocycles. The van der Waals surface area contributed by atoms with Crippen LogP contribution in [-0.4, -0.2) is 181 Å². The van der Waals surface area contributed by atoms with Crippen molar-refractivity contribution in [3.63, 3.8) is 0 Å². The quantitative estimate of drug-likeness (QED) is 0.0953. The zero-order chi connectivity index (χ0) is 40.4. The Balaban J connectivity index is 1.49. The summed E-state index contributed by atoms with van der Waals surface area (Å²) in [6, 6.07) is 3.81. The van der Waals surface area contributed by atoms with Crippen molar-refractivity contribution < 1.29 is 105 Å². The lowest BCUT2D eigenvalue weighted by Gasteiger charge is -2.56. The van der Waals surface area contributed by atoms with Gasteiger partial charge < -0.3 is 105 Å². The molecule has 3 fully saturated rings. The minimum absolute atomic E-state index is 0.130. The second-order valence-corrected chi connectivity index (χ2v) is 13.4. The average molecular weight is 789 g/mol. The summed E-state index contributed by atoms with van der Waals surface area (Å²) in [4.78, 5) is 13.4. The van der Waals surface area contributed by atoms with Crippen molar-refractivity contribution in [2.75, 3.05) is 13.2 Å². The van der Waals surface area contributed by atoms with Gasteiger partial charge in [0.25, 0.3) is 0 Å². The van der Waals surface area contributed by atoms with Crippen molar-refractivity contribution in [1.29, 1.82) is 0 Å². The molecule has 0 spiro atoms. The van der Waals surface area contributed by atoms with Crippen LogP contribution in [0, 0.1) is 0 Å². The van der Waals surface area contributed by atoms with Crippen LogP contribution in [0.25, 0.3) is 22.3 Å². The smallest absolute Gasteiger partial charge is 0.238 e. The second-order valence-electron chi connectivity index (χ2n) is 13.4. The molecule has 15 N–H and O–H groups in total. The maximum absolute atomic E-state index is 13.4. The van der Waals surface area contributed by atoms with Crippen molar-refractivity contribution >= 4 is 11.0 Å². The summed E-state index contributed by atoms with van der Waals surface area (Å²) in [7, 11) is 0. The molecule has 0 aliphatic carbocycles. The average Bonchev–Trinajstić information content (AvgIpc) is 3.15. The Morgan fingerprint density at radius 3 is 1.98 bits per heavy atom. The number of benzene rings is 2. The maximum atomic E-state index is 13.4. The van der Waals surface area contributed by atoms with Crippen molar-refractivity contribution in [3.05, 3.63) is 34.5 Å². The molecular weight excluding hydrogens is 748 g/mol. The summed E-state index contributed by atoms with van der Waals surface area (Å²) in [5.74, 6) is -6.38. The number of hydrogen-bond acceptors (Lipinski definition) is 22. The Bertz CT molecular complexity index is 1940. The van der Waals surface area contributed by atoms with E-state index in [-0.39, 0.29) is 5.56 Å². The van der Waals surface area contributed by atoms with Crippen LogP contribution in [-0.2, 0) is 18.9 Å². The molecule has 22 heteroatoms. The van der Waals surface area contributed by atoms with Gasteiger partial charge in [0, 0.05) is 11.6 Å². The van der Waals surface area contributed by atoms with E-state index in [9.17, 15) is 81.4 Å². The van der Waals surface area contributed by atoms with Crippen molar-refractivity contribution in [2.24, 2.45) is 0 Å². The Hall–Kier alpha value is -4.11. The normalized spacial score (nSPS) is 38.2. The number of aromatic hydroxyl groups is 5. The van der Waals surface area contributed by atoms with Crippen LogP contribution in [0.5, 0.6) is 34.5 Å². The van der Waals surface area contributed by atoms with Crippen molar-refractivity contribution in [2.45, 2.75) is 98.4 Å². The van der Waals surface area contributed by atoms with Crippen LogP contribution in [0.3, 0.4) is 0 Å². The fourth-order valence-electron chi connectivity index (χ4n) is 6.84. The predicted octanol–water partition coefficient (Wildman–Crippen LogP) is -4.77. The molecule has 15 atom stereocenters. The number of phenols is 4. The van der Waals surface area contributed by atoms with Crippen LogP contribution < -0.4 is 10.2 Å². The van der Waals surface area contributed by atoms with Gasteiger partial charge in [-0.05, 0) is 25.1 Å². The molecular formula is C33H40O22. The second kappa shape index (κ2) is 15.1. The molecule has 0 unspecified atom stereocenters. The molecule has 3 aliphatic rings. The molecule has 3 aliphatic heterocycles. The van der Waals surface area contributed by atoms with E-state index >= 15 is 0 Å². The Kier molecular flexibility index (Phi) is 11.1. The fourth-order valence-corrected chi connectivity index (χ4v) is 6.84. The van der Waals surface area contributed by atoms with Gasteiger partial charge in [-0.3, -0.25) is 4.79 Å². The summed E-state index contributed by atoms with van der Waals surface area (Å²) < 4.78 is 33.7. The topological polar surface area (TPSA) is 380 Å². The monoisotopic (exact) mass is 788 g/mol. The number of aliphatic hydroxyl groups is 10. The number of fused-ring (bicyclic) bond motifs is 1. The highest BCUT2D eigenvalue weighted by Gasteiger charge is 2.67. The van der Waals surface area contributed by atoms with Crippen molar-refractivity contribution in [3.8, 4) is 45.8 Å². The highest BCUT2D eigenvalue weighted by molar-refractivity contribution is 5.91. The van der Waals surface area contributed by atoms with Gasteiger partial charge in [0.1, 0.15) is 78.1 Å². The highest BCUT2D eigenvalue weighted by atomic mass is 16.7. The van der Waals surface area contributed by atoms with Gasteiger partial charge in [-0.25, -0.2) is 0 Å². The predicted molar refractivity (Wildman–Crippen MR) is 175 cm³/mol. The van der Waals surface area contributed by atoms with Crippen LogP contribution >= 0.6 is 0 Å². The first kappa shape index (κ1) is 40.6. The fraction of sp³-hybridized carbons (Fsp3) is 0.545. The minimum atomic E-state index is -3.31. The Morgan fingerprint density at radius 2 is 1.35 bits per heavy atom. The molecule has 55 heavy (non-hydrogen) atoms. The van der Waals surface area contributed by atoms with E-state index in [0.717, 1.165) is 18.2 Å². The summed E-state index contributed by atoms with van der Waals surface area (Å²) >= 11 is 0. The molecule has 0 saturated carbocycles. The molecule has 304 valence electrons. The third-order valence-corrected chi connectivity index (χ3v) is 9.97. The molecule has 3 saturated heterocycles. The van der Waals surface area contributed by atoms with Crippen LogP contribution in [0.1, 0.15) is 6.92 Å². The Labute approximate surface area is 307 Å². The standard InChI is InChI=1S/C33H40O22/c1-8-17(39)22(44)26(48)31(50-8)55-29-19(41)15(7-35)53-32(33(29,49)30-25(47)23(45)18(40)14(6-34)52-30)54-28-12(38)5-13-16(21(28)43)20(42)24(46)27(51-13)9-2-3-10(36)11(37)4-9/h2-5,8,14-15,17-19,22-23,25-26,29-32,34-41,43-49H,6-7H2,1H3/t8-,14-,15-,17-,18-,19+,22+,23+,25-,26+,29+,30-,31-,32+,33+/m1/s1. The minimum Gasteiger partial charge on any atom is -0.504 e. The molecule has 0 bridgehead atoms. The summed E-state index contributed by atoms with van der Waals surface area (Å²) in [5.41, 5.74) is -5.38. The lowest BCUT2D eigenvalue weighted by atomic mass is 9.76. The largest absolute Gasteiger partial charge is 0.504 e. The molecule has 3 aromatic rings. The van der Waals surface area contributed by atoms with E-state index < -0.39 is 161 Å². The third-order valence-electron chi connectivity index (χ3n) is 9.97. The first-order valence-corrected chi connectivity index (χ1v) is 16.6. The summed E-state index contributed by atoms with van der Waals surface area (Å²) in [6.07, 6.45) is -28.6. The number of aliphatic hydroxyl groups excluding tert-OH is 9. The Morgan fingerprint density at radius 1 is 0.709 bits per heavy atom. The highest BCUT2D eigenvalue weighted by Crippen LogP contribution is 2.48. The molecule has 0 amide bonds. The lowest BCUT2D eigenvalue weighted by Crippen LogP contribution is -2.78. The van der Waals surface area contributed by atoms with Gasteiger partial charge in [-0.1, -0.05) is 0 Å². The van der Waals surface area contributed by atoms with Gasteiger partial charge in [0.15, 0.2) is 40.6 Å². The van der Waals surface area contributed by atoms with Gasteiger partial charge in [0.2, 0.25) is 23.2 Å². The number of hydrogen-bond donors (Lipinski definition) is 15. The van der Waals surface area contributed by atoms with Gasteiger partial charge >= 0.3 is 0 Å². The summed E-state index contributed by atoms with van der Waals surface area (Å²) in [6.45, 7) is -0.874. The zero-order valence-corrected chi connectivity index (χ0v) is 28.4. The molecule has 0 radical (unpaired) electrons. The van der Waals surface area contributed by atoms with E-state index in [1.165, 1.54) is 6.92 Å². The van der Waals surface area contributed by atoms with E-state index in [1.54, 1.807) is 0 Å². The van der Waals surface area contributed by atoms with Crippen LogP contribution in [0.2, 0.25) is 0 Å². The van der Waals surface area contributed by atoms with Crippen LogP contribution in [0.4, 0.5) is 0 Å². The first-order chi connectivity index (χ1) is 25.9. The van der Waals surface area contributed by atoms with E-state index in [4.69, 9.17) is 28.1 Å². The molecule has 22 nitrogen and oxygen atoms in total. The van der Waals surface area contributed by atoms with E-state index in [2.05, 4.69) is 0 Å². The molecule has 4 heterocycles. The lowest BCUT2D eigenvalue weighted by molar-refractivity contribution is -0.403.